The van der Waals surface area contributed by atoms with Crippen molar-refractivity contribution < 1.29 is 14.7 Å². The SMILES string of the molecule is CC(O)(CC(=O)N1CCN(CC(=O)C2CC2)CC1)c1ccccc1. The molecule has 2 fully saturated rings. The first kappa shape index (κ1) is 17.1. The molecule has 130 valence electrons. The molecule has 1 aromatic carbocycles. The van der Waals surface area contributed by atoms with Crippen LogP contribution in [0, 0.1) is 5.92 Å². The van der Waals surface area contributed by atoms with Crippen molar-refractivity contribution in [2.24, 2.45) is 5.92 Å². The van der Waals surface area contributed by atoms with E-state index in [2.05, 4.69) is 4.90 Å². The normalized spacial score (nSPS) is 21.3. The number of hydrogen-bond donors (Lipinski definition) is 1. The Balaban J connectivity index is 1.49. The number of aliphatic hydroxyl groups is 1. The van der Waals surface area contributed by atoms with Crippen LogP contribution in [0.5, 0.6) is 0 Å². The summed E-state index contributed by atoms with van der Waals surface area (Å²) in [6.45, 7) is 4.93. The Morgan fingerprint density at radius 1 is 1.12 bits per heavy atom. The highest BCUT2D eigenvalue weighted by Gasteiger charge is 2.33. The van der Waals surface area contributed by atoms with E-state index in [1.807, 2.05) is 30.3 Å². The number of carbonyl (C=O) groups is 2. The highest BCUT2D eigenvalue weighted by atomic mass is 16.3. The van der Waals surface area contributed by atoms with Crippen molar-refractivity contribution in [2.45, 2.75) is 31.8 Å². The van der Waals surface area contributed by atoms with Crippen molar-refractivity contribution in [1.82, 2.24) is 9.80 Å². The summed E-state index contributed by atoms with van der Waals surface area (Å²) >= 11 is 0. The second-order valence-electron chi connectivity index (χ2n) is 7.21. The highest BCUT2D eigenvalue weighted by Crippen LogP contribution is 2.30. The number of ketones is 1. The molecule has 1 heterocycles. The minimum absolute atomic E-state index is 0.0305. The standard InChI is InChI=1S/C19H26N2O3/c1-19(24,16-5-3-2-4-6-16)13-18(23)21-11-9-20(10-12-21)14-17(22)15-7-8-15/h2-6,15,24H,7-14H2,1H3. The minimum atomic E-state index is -1.16. The molecular formula is C19H26N2O3. The van der Waals surface area contributed by atoms with Crippen molar-refractivity contribution in [2.75, 3.05) is 32.7 Å². The molecule has 3 rings (SSSR count). The summed E-state index contributed by atoms with van der Waals surface area (Å²) in [7, 11) is 0. The van der Waals surface area contributed by atoms with Gasteiger partial charge in [-0.2, -0.15) is 0 Å². The fourth-order valence-electron chi connectivity index (χ4n) is 3.22. The quantitative estimate of drug-likeness (QED) is 0.857. The van der Waals surface area contributed by atoms with Crippen LogP contribution in [0.2, 0.25) is 0 Å². The maximum atomic E-state index is 12.5. The van der Waals surface area contributed by atoms with Gasteiger partial charge in [0.2, 0.25) is 5.91 Å². The van der Waals surface area contributed by atoms with Crippen LogP contribution in [-0.4, -0.2) is 59.3 Å². The molecule has 0 bridgehead atoms. The first-order valence-electron chi connectivity index (χ1n) is 8.76. The first-order chi connectivity index (χ1) is 11.5. The van der Waals surface area contributed by atoms with Crippen molar-refractivity contribution in [1.29, 1.82) is 0 Å². The number of Topliss-reactive ketones (excluding diaryl/α,β-unsaturated/α-hetero) is 1. The van der Waals surface area contributed by atoms with E-state index < -0.39 is 5.60 Å². The van der Waals surface area contributed by atoms with Crippen molar-refractivity contribution in [3.63, 3.8) is 0 Å². The molecule has 5 nitrogen and oxygen atoms in total. The fraction of sp³-hybridized carbons (Fsp3) is 0.579. The van der Waals surface area contributed by atoms with Gasteiger partial charge in [-0.15, -0.1) is 0 Å². The van der Waals surface area contributed by atoms with E-state index in [1.54, 1.807) is 11.8 Å². The summed E-state index contributed by atoms with van der Waals surface area (Å²) < 4.78 is 0. The molecule has 0 radical (unpaired) electrons. The van der Waals surface area contributed by atoms with E-state index in [-0.39, 0.29) is 12.3 Å². The van der Waals surface area contributed by atoms with Crippen LogP contribution >= 0.6 is 0 Å². The molecule has 24 heavy (non-hydrogen) atoms. The molecule has 1 aromatic rings. The molecule has 0 spiro atoms. The molecule has 1 amide bonds. The Morgan fingerprint density at radius 2 is 1.75 bits per heavy atom. The Bertz CT molecular complexity index is 588. The van der Waals surface area contributed by atoms with Gasteiger partial charge in [-0.1, -0.05) is 30.3 Å². The Labute approximate surface area is 143 Å². The van der Waals surface area contributed by atoms with Crippen LogP contribution in [0.1, 0.15) is 31.7 Å². The van der Waals surface area contributed by atoms with Crippen LogP contribution < -0.4 is 0 Å². The van der Waals surface area contributed by atoms with Gasteiger partial charge in [-0.3, -0.25) is 14.5 Å². The van der Waals surface area contributed by atoms with E-state index in [9.17, 15) is 14.7 Å². The summed E-state index contributed by atoms with van der Waals surface area (Å²) in [5, 5.41) is 10.6. The molecular weight excluding hydrogens is 304 g/mol. The van der Waals surface area contributed by atoms with E-state index in [4.69, 9.17) is 0 Å². The molecule has 1 unspecified atom stereocenters. The fourth-order valence-corrected chi connectivity index (χ4v) is 3.22. The molecule has 1 aliphatic carbocycles. The lowest BCUT2D eigenvalue weighted by atomic mass is 9.92. The molecule has 1 N–H and O–H groups in total. The first-order valence-corrected chi connectivity index (χ1v) is 8.76. The largest absolute Gasteiger partial charge is 0.385 e. The van der Waals surface area contributed by atoms with Gasteiger partial charge in [0.15, 0.2) is 0 Å². The third-order valence-corrected chi connectivity index (χ3v) is 5.03. The Morgan fingerprint density at radius 3 is 2.33 bits per heavy atom. The molecule has 1 aliphatic heterocycles. The second-order valence-corrected chi connectivity index (χ2v) is 7.21. The van der Waals surface area contributed by atoms with E-state index in [0.717, 1.165) is 31.5 Å². The van der Waals surface area contributed by atoms with Gasteiger partial charge < -0.3 is 10.0 Å². The van der Waals surface area contributed by atoms with Gasteiger partial charge in [0.25, 0.3) is 0 Å². The molecule has 2 aliphatic rings. The van der Waals surface area contributed by atoms with Crippen molar-refractivity contribution >= 4 is 11.7 Å². The number of piperazine rings is 1. The number of benzene rings is 1. The highest BCUT2D eigenvalue weighted by molar-refractivity contribution is 5.85. The zero-order chi connectivity index (χ0) is 17.2. The van der Waals surface area contributed by atoms with Gasteiger partial charge in [-0.05, 0) is 25.3 Å². The molecule has 1 saturated heterocycles. The van der Waals surface area contributed by atoms with Crippen LogP contribution in [0.3, 0.4) is 0 Å². The monoisotopic (exact) mass is 330 g/mol. The van der Waals surface area contributed by atoms with Crippen molar-refractivity contribution in [3.05, 3.63) is 35.9 Å². The predicted molar refractivity (Wildman–Crippen MR) is 91.4 cm³/mol. The average molecular weight is 330 g/mol. The molecule has 5 heteroatoms. The zero-order valence-electron chi connectivity index (χ0n) is 14.3. The number of hydrogen-bond acceptors (Lipinski definition) is 4. The summed E-state index contributed by atoms with van der Waals surface area (Å²) in [5.74, 6) is 0.615. The lowest BCUT2D eigenvalue weighted by molar-refractivity contribution is -0.138. The lowest BCUT2D eigenvalue weighted by Crippen LogP contribution is -2.51. The lowest BCUT2D eigenvalue weighted by Gasteiger charge is -2.36. The summed E-state index contributed by atoms with van der Waals surface area (Å²) in [6, 6.07) is 9.31. The maximum Gasteiger partial charge on any atom is 0.225 e. The number of nitrogens with zero attached hydrogens (tertiary/aromatic N) is 2. The summed E-state index contributed by atoms with van der Waals surface area (Å²) in [4.78, 5) is 28.3. The minimum Gasteiger partial charge on any atom is -0.385 e. The third kappa shape index (κ3) is 4.22. The summed E-state index contributed by atoms with van der Waals surface area (Å²) in [5.41, 5.74) is -0.399. The predicted octanol–water partition coefficient (Wildman–Crippen LogP) is 1.41. The van der Waals surface area contributed by atoms with E-state index in [0.29, 0.717) is 31.3 Å². The van der Waals surface area contributed by atoms with Crippen LogP contribution in [0.15, 0.2) is 30.3 Å². The second kappa shape index (κ2) is 7.03. The average Bonchev–Trinajstić information content (AvgIpc) is 3.41. The van der Waals surface area contributed by atoms with E-state index >= 15 is 0 Å². The zero-order valence-corrected chi connectivity index (χ0v) is 14.3. The van der Waals surface area contributed by atoms with E-state index in [1.165, 1.54) is 0 Å². The number of carbonyl (C=O) groups excluding carboxylic acids is 2. The van der Waals surface area contributed by atoms with Gasteiger partial charge in [0, 0.05) is 32.1 Å². The van der Waals surface area contributed by atoms with Crippen LogP contribution in [-0.2, 0) is 15.2 Å². The molecule has 1 atom stereocenters. The van der Waals surface area contributed by atoms with Crippen LogP contribution in [0.4, 0.5) is 0 Å². The maximum absolute atomic E-state index is 12.5. The Hall–Kier alpha value is -1.72. The topological polar surface area (TPSA) is 60.9 Å². The van der Waals surface area contributed by atoms with Gasteiger partial charge in [-0.25, -0.2) is 0 Å². The smallest absolute Gasteiger partial charge is 0.225 e. The van der Waals surface area contributed by atoms with Gasteiger partial charge in [0.05, 0.1) is 18.6 Å². The summed E-state index contributed by atoms with van der Waals surface area (Å²) in [6.07, 6.45) is 2.18. The van der Waals surface area contributed by atoms with Crippen molar-refractivity contribution in [3.8, 4) is 0 Å². The van der Waals surface area contributed by atoms with Gasteiger partial charge in [0.1, 0.15) is 5.78 Å². The third-order valence-electron chi connectivity index (χ3n) is 5.03. The van der Waals surface area contributed by atoms with Gasteiger partial charge >= 0.3 is 0 Å². The molecule has 1 saturated carbocycles. The van der Waals surface area contributed by atoms with Crippen LogP contribution in [0.25, 0.3) is 0 Å². The number of amides is 1. The Kier molecular flexibility index (Phi) is 5.01. The molecule has 0 aromatic heterocycles. The number of rotatable bonds is 6.